The number of carbonyl (C=O) groups is 1. The summed E-state index contributed by atoms with van der Waals surface area (Å²) >= 11 is 1.20. The quantitative estimate of drug-likeness (QED) is 0.219. The SMILES string of the molecule is COc1cccc(-c2cccc(-c3nn(-c4nc(C(=O)O)cs4)c(C4CC4)c3Cc3ccc(S(N)=O)cc3F)c2)c1. The number of benzene rings is 3. The number of rotatable bonds is 9. The molecule has 208 valence electrons. The molecule has 3 aromatic carbocycles. The van der Waals surface area contributed by atoms with Gasteiger partial charge in [0.05, 0.1) is 23.4 Å². The minimum absolute atomic E-state index is 0.0539. The molecule has 1 atom stereocenters. The molecule has 0 saturated heterocycles. The fourth-order valence-corrected chi connectivity index (χ4v) is 6.07. The maximum Gasteiger partial charge on any atom is 0.355 e. The first-order valence-electron chi connectivity index (χ1n) is 12.8. The second-order valence-electron chi connectivity index (χ2n) is 9.76. The fourth-order valence-electron chi connectivity index (χ4n) is 4.89. The summed E-state index contributed by atoms with van der Waals surface area (Å²) in [7, 11) is -0.172. The lowest BCUT2D eigenvalue weighted by Crippen LogP contribution is -2.06. The Morgan fingerprint density at radius 2 is 1.85 bits per heavy atom. The Hall–Kier alpha value is -4.19. The van der Waals surface area contributed by atoms with Crippen LogP contribution in [0.2, 0.25) is 0 Å². The van der Waals surface area contributed by atoms with Gasteiger partial charge in [-0.2, -0.15) is 5.10 Å². The molecule has 1 aliphatic rings. The predicted molar refractivity (Wildman–Crippen MR) is 155 cm³/mol. The van der Waals surface area contributed by atoms with Crippen molar-refractivity contribution in [1.29, 1.82) is 0 Å². The predicted octanol–water partition coefficient (Wildman–Crippen LogP) is 5.96. The van der Waals surface area contributed by atoms with Crippen LogP contribution < -0.4 is 9.88 Å². The van der Waals surface area contributed by atoms with Crippen LogP contribution in [-0.4, -0.2) is 37.2 Å². The summed E-state index contributed by atoms with van der Waals surface area (Å²) in [5.41, 5.74) is 5.51. The van der Waals surface area contributed by atoms with E-state index < -0.39 is 22.8 Å². The molecule has 41 heavy (non-hydrogen) atoms. The molecule has 0 bridgehead atoms. The number of carboxylic acids is 1. The van der Waals surface area contributed by atoms with Gasteiger partial charge < -0.3 is 9.84 Å². The van der Waals surface area contributed by atoms with Gasteiger partial charge in [0.2, 0.25) is 5.13 Å². The second-order valence-corrected chi connectivity index (χ2v) is 11.7. The Bertz CT molecular complexity index is 1810. The van der Waals surface area contributed by atoms with Gasteiger partial charge in [-0.05, 0) is 59.9 Å². The van der Waals surface area contributed by atoms with Crippen molar-refractivity contribution in [3.63, 3.8) is 0 Å². The van der Waals surface area contributed by atoms with E-state index >= 15 is 4.39 Å². The summed E-state index contributed by atoms with van der Waals surface area (Å²) < 4.78 is 34.1. The Morgan fingerprint density at radius 1 is 1.12 bits per heavy atom. The van der Waals surface area contributed by atoms with Crippen LogP contribution in [0.25, 0.3) is 27.5 Å². The molecular formula is C30H25FN4O4S2. The Morgan fingerprint density at radius 3 is 2.51 bits per heavy atom. The lowest BCUT2D eigenvalue weighted by Gasteiger charge is -2.10. The van der Waals surface area contributed by atoms with Gasteiger partial charge in [0.15, 0.2) is 5.69 Å². The van der Waals surface area contributed by atoms with Gasteiger partial charge in [-0.3, -0.25) is 0 Å². The summed E-state index contributed by atoms with van der Waals surface area (Å²) in [5.74, 6) is -0.694. The zero-order valence-electron chi connectivity index (χ0n) is 21.9. The number of nitrogens with two attached hydrogens (primary N) is 1. The van der Waals surface area contributed by atoms with Crippen molar-refractivity contribution in [3.05, 3.63) is 100 Å². The monoisotopic (exact) mass is 588 g/mol. The smallest absolute Gasteiger partial charge is 0.355 e. The van der Waals surface area contributed by atoms with Crippen LogP contribution in [-0.2, 0) is 17.4 Å². The van der Waals surface area contributed by atoms with Crippen molar-refractivity contribution in [2.24, 2.45) is 5.14 Å². The molecule has 1 aliphatic carbocycles. The van der Waals surface area contributed by atoms with Crippen LogP contribution in [0.3, 0.4) is 0 Å². The molecule has 6 rings (SSSR count). The molecule has 0 radical (unpaired) electrons. The van der Waals surface area contributed by atoms with E-state index in [1.165, 1.54) is 22.8 Å². The number of methoxy groups -OCH3 is 1. The van der Waals surface area contributed by atoms with Gasteiger partial charge in [0, 0.05) is 28.8 Å². The average Bonchev–Trinajstić information content (AvgIpc) is 3.56. The van der Waals surface area contributed by atoms with Crippen LogP contribution in [0.1, 0.15) is 46.1 Å². The zero-order valence-corrected chi connectivity index (χ0v) is 23.5. The third-order valence-corrected chi connectivity index (χ3v) is 8.58. The van der Waals surface area contributed by atoms with E-state index in [4.69, 9.17) is 15.0 Å². The Kier molecular flexibility index (Phi) is 7.24. The first-order valence-corrected chi connectivity index (χ1v) is 14.9. The first kappa shape index (κ1) is 27.0. The average molecular weight is 589 g/mol. The Labute approximate surface area is 241 Å². The highest BCUT2D eigenvalue weighted by Gasteiger charge is 2.34. The van der Waals surface area contributed by atoms with Crippen molar-refractivity contribution < 1.29 is 23.2 Å². The minimum atomic E-state index is -1.80. The van der Waals surface area contributed by atoms with Crippen LogP contribution in [0, 0.1) is 5.82 Å². The molecule has 8 nitrogen and oxygen atoms in total. The fraction of sp³-hybridized carbons (Fsp3) is 0.167. The number of nitrogens with zero attached hydrogens (tertiary/aromatic N) is 3. The van der Waals surface area contributed by atoms with E-state index in [-0.39, 0.29) is 22.9 Å². The summed E-state index contributed by atoms with van der Waals surface area (Å²) in [5, 5.41) is 21.8. The molecule has 0 amide bonds. The van der Waals surface area contributed by atoms with Crippen LogP contribution in [0.4, 0.5) is 4.39 Å². The number of hydrogen-bond acceptors (Lipinski definition) is 6. The van der Waals surface area contributed by atoms with Gasteiger partial charge in [0.1, 0.15) is 22.6 Å². The highest BCUT2D eigenvalue weighted by atomic mass is 32.2. The standard InChI is InChI=1S/C30H25FN4O4S2/c1-39-22-7-3-5-19(13-22)18-4-2-6-21(12-18)27-24(14-20-10-11-23(41(32)38)15-25(20)31)28(17-8-9-17)35(34-27)30-33-26(16-40-30)29(36)37/h2-7,10-13,15-17H,8-9,14,32H2,1H3,(H,36,37). The zero-order chi connectivity index (χ0) is 28.7. The largest absolute Gasteiger partial charge is 0.497 e. The van der Waals surface area contributed by atoms with Gasteiger partial charge in [-0.1, -0.05) is 36.4 Å². The molecule has 1 saturated carbocycles. The lowest BCUT2D eigenvalue weighted by molar-refractivity contribution is 0.0691. The maximum atomic E-state index is 15.3. The van der Waals surface area contributed by atoms with E-state index in [1.54, 1.807) is 23.9 Å². The molecule has 2 heterocycles. The molecule has 2 aromatic heterocycles. The number of carboxylic acid groups (broad SMARTS) is 1. The van der Waals surface area contributed by atoms with Gasteiger partial charge in [-0.15, -0.1) is 11.3 Å². The van der Waals surface area contributed by atoms with E-state index in [2.05, 4.69) is 4.98 Å². The van der Waals surface area contributed by atoms with Crippen LogP contribution in [0.5, 0.6) is 5.75 Å². The summed E-state index contributed by atoms with van der Waals surface area (Å²) in [4.78, 5) is 16.1. The normalized spacial score (nSPS) is 13.7. The molecule has 0 spiro atoms. The third-order valence-electron chi connectivity index (χ3n) is 7.04. The number of thiazole rings is 1. The molecule has 0 aliphatic heterocycles. The summed E-state index contributed by atoms with van der Waals surface area (Å²) in [6.07, 6.45) is 2.10. The van der Waals surface area contributed by atoms with Gasteiger partial charge in [-0.25, -0.2) is 28.2 Å². The van der Waals surface area contributed by atoms with Gasteiger partial charge in [0.25, 0.3) is 0 Å². The number of aromatic carboxylic acids is 1. The van der Waals surface area contributed by atoms with Crippen molar-refractivity contribution in [2.75, 3.05) is 7.11 Å². The van der Waals surface area contributed by atoms with Crippen molar-refractivity contribution in [2.45, 2.75) is 30.1 Å². The maximum absolute atomic E-state index is 15.3. The van der Waals surface area contributed by atoms with E-state index in [0.29, 0.717) is 16.4 Å². The summed E-state index contributed by atoms with van der Waals surface area (Å²) in [6, 6.07) is 20.1. The van der Waals surface area contributed by atoms with Crippen LogP contribution in [0.15, 0.2) is 77.0 Å². The second kappa shape index (κ2) is 11.0. The number of halogens is 1. The first-order chi connectivity index (χ1) is 19.8. The molecule has 3 N–H and O–H groups in total. The van der Waals surface area contributed by atoms with Crippen LogP contribution >= 0.6 is 11.3 Å². The summed E-state index contributed by atoms with van der Waals surface area (Å²) in [6.45, 7) is 0. The van der Waals surface area contributed by atoms with E-state index in [1.807, 2.05) is 48.5 Å². The topological polar surface area (TPSA) is 120 Å². The van der Waals surface area contributed by atoms with Gasteiger partial charge >= 0.3 is 5.97 Å². The minimum Gasteiger partial charge on any atom is -0.497 e. The third kappa shape index (κ3) is 5.43. The van der Waals surface area contributed by atoms with Crippen molar-refractivity contribution in [1.82, 2.24) is 14.8 Å². The van der Waals surface area contributed by atoms with Crippen molar-refractivity contribution >= 4 is 28.3 Å². The molecular weight excluding hydrogens is 563 g/mol. The highest BCUT2D eigenvalue weighted by Crippen LogP contribution is 2.46. The number of ether oxygens (including phenoxy) is 1. The molecule has 5 aromatic rings. The molecule has 1 unspecified atom stereocenters. The lowest BCUT2D eigenvalue weighted by atomic mass is 9.95. The van der Waals surface area contributed by atoms with E-state index in [0.717, 1.165) is 46.5 Å². The highest BCUT2D eigenvalue weighted by molar-refractivity contribution is 7.82. The molecule has 1 fully saturated rings. The van der Waals surface area contributed by atoms with Crippen molar-refractivity contribution in [3.8, 4) is 33.3 Å². The molecule has 11 heteroatoms. The number of aromatic nitrogens is 3. The Balaban J connectivity index is 1.52. The van der Waals surface area contributed by atoms with E-state index in [9.17, 15) is 14.1 Å². The number of hydrogen-bond donors (Lipinski definition) is 2.